The summed E-state index contributed by atoms with van der Waals surface area (Å²) in [6.45, 7) is 2.00. The van der Waals surface area contributed by atoms with Crippen LogP contribution in [0.4, 0.5) is 0 Å². The molecule has 8 heteroatoms. The van der Waals surface area contributed by atoms with Crippen LogP contribution >= 0.6 is 0 Å². The molecule has 0 saturated heterocycles. The van der Waals surface area contributed by atoms with Gasteiger partial charge in [0, 0.05) is 23.3 Å². The van der Waals surface area contributed by atoms with Crippen LogP contribution in [0.1, 0.15) is 28.7 Å². The van der Waals surface area contributed by atoms with Crippen LogP contribution in [0.3, 0.4) is 0 Å². The number of rotatable bonds is 4. The molecule has 0 atom stereocenters. The van der Waals surface area contributed by atoms with Crippen LogP contribution in [0.2, 0.25) is 0 Å². The van der Waals surface area contributed by atoms with Crippen LogP contribution in [-0.2, 0) is 9.53 Å². The van der Waals surface area contributed by atoms with Gasteiger partial charge in [-0.25, -0.2) is 10.2 Å². The van der Waals surface area contributed by atoms with Gasteiger partial charge in [-0.2, -0.15) is 5.10 Å². The lowest BCUT2D eigenvalue weighted by atomic mass is 10.0. The molecule has 8 nitrogen and oxygen atoms in total. The standard InChI is InChI=1S/C19H15N5O3/c1-2-27-19(26)16-11-5-3-4-6-13(11)22-14(16)9-12-17(23-24-18(12)25)15-10-20-7-8-21-15/h3-10,22H,2H2,1H3,(H,24,25)/b12-9-. The molecule has 2 N–H and O–H groups in total. The zero-order valence-electron chi connectivity index (χ0n) is 14.4. The first-order valence-electron chi connectivity index (χ1n) is 8.33. The van der Waals surface area contributed by atoms with E-state index in [0.29, 0.717) is 22.7 Å². The fraction of sp³-hybridized carbons (Fsp3) is 0.105. The summed E-state index contributed by atoms with van der Waals surface area (Å²) in [6.07, 6.45) is 6.16. The summed E-state index contributed by atoms with van der Waals surface area (Å²) in [6, 6.07) is 7.38. The van der Waals surface area contributed by atoms with Crippen molar-refractivity contribution in [1.82, 2.24) is 20.4 Å². The van der Waals surface area contributed by atoms with Gasteiger partial charge >= 0.3 is 5.97 Å². The van der Waals surface area contributed by atoms with E-state index in [9.17, 15) is 9.59 Å². The summed E-state index contributed by atoms with van der Waals surface area (Å²) in [5, 5.41) is 4.77. The van der Waals surface area contributed by atoms with Crippen LogP contribution < -0.4 is 5.43 Å². The fourth-order valence-electron chi connectivity index (χ4n) is 2.92. The Hall–Kier alpha value is -3.81. The van der Waals surface area contributed by atoms with E-state index in [-0.39, 0.29) is 18.1 Å². The van der Waals surface area contributed by atoms with Crippen LogP contribution in [0.5, 0.6) is 0 Å². The first kappa shape index (κ1) is 16.6. The molecule has 0 saturated carbocycles. The summed E-state index contributed by atoms with van der Waals surface area (Å²) in [7, 11) is 0. The maximum absolute atomic E-state index is 12.5. The predicted molar refractivity (Wildman–Crippen MR) is 98.9 cm³/mol. The van der Waals surface area contributed by atoms with Crippen LogP contribution in [0, 0.1) is 0 Å². The maximum atomic E-state index is 12.5. The van der Waals surface area contributed by atoms with Crippen molar-refractivity contribution in [1.29, 1.82) is 0 Å². The van der Waals surface area contributed by atoms with Gasteiger partial charge in [-0.05, 0) is 19.1 Å². The molecular formula is C19H15N5O3. The van der Waals surface area contributed by atoms with Crippen molar-refractivity contribution in [3.8, 4) is 0 Å². The van der Waals surface area contributed by atoms with Gasteiger partial charge in [0.05, 0.1) is 29.6 Å². The minimum Gasteiger partial charge on any atom is -0.462 e. The van der Waals surface area contributed by atoms with E-state index in [1.54, 1.807) is 13.0 Å². The van der Waals surface area contributed by atoms with E-state index in [2.05, 4.69) is 25.5 Å². The van der Waals surface area contributed by atoms with Gasteiger partial charge in [-0.1, -0.05) is 18.2 Å². The quantitative estimate of drug-likeness (QED) is 0.546. The Labute approximate surface area is 154 Å². The molecular weight excluding hydrogens is 346 g/mol. The monoisotopic (exact) mass is 361 g/mol. The maximum Gasteiger partial charge on any atom is 0.340 e. The average molecular weight is 361 g/mol. The SMILES string of the molecule is CCOC(=O)c1c(/C=C2\C(=O)NN=C2c2cnccn2)[nH]c2ccccc12. The smallest absolute Gasteiger partial charge is 0.340 e. The summed E-state index contributed by atoms with van der Waals surface area (Å²) >= 11 is 0. The first-order valence-corrected chi connectivity index (χ1v) is 8.33. The molecule has 0 spiro atoms. The van der Waals surface area contributed by atoms with Crippen LogP contribution in [-0.4, -0.2) is 39.1 Å². The third kappa shape index (κ3) is 2.97. The van der Waals surface area contributed by atoms with E-state index in [1.807, 2.05) is 24.3 Å². The molecule has 1 aliphatic heterocycles. The highest BCUT2D eigenvalue weighted by Gasteiger charge is 2.27. The Morgan fingerprint density at radius 3 is 2.89 bits per heavy atom. The average Bonchev–Trinajstić information content (AvgIpc) is 3.23. The van der Waals surface area contributed by atoms with Crippen molar-refractivity contribution >= 4 is 34.6 Å². The lowest BCUT2D eigenvalue weighted by Gasteiger charge is -2.03. The Morgan fingerprint density at radius 2 is 2.11 bits per heavy atom. The van der Waals surface area contributed by atoms with Gasteiger partial charge in [0.2, 0.25) is 0 Å². The number of H-pyrrole nitrogens is 1. The zero-order valence-corrected chi connectivity index (χ0v) is 14.4. The number of para-hydroxylation sites is 1. The largest absolute Gasteiger partial charge is 0.462 e. The van der Waals surface area contributed by atoms with E-state index >= 15 is 0 Å². The highest BCUT2D eigenvalue weighted by Crippen LogP contribution is 2.26. The molecule has 1 amide bonds. The number of carbonyl (C=O) groups excluding carboxylic acids is 2. The molecule has 0 unspecified atom stereocenters. The number of carbonyl (C=O) groups is 2. The number of amides is 1. The number of hydrogen-bond acceptors (Lipinski definition) is 6. The molecule has 2 aromatic heterocycles. The Bertz CT molecular complexity index is 1100. The van der Waals surface area contributed by atoms with E-state index < -0.39 is 5.97 Å². The first-order chi connectivity index (χ1) is 13.2. The number of hydrogen-bond donors (Lipinski definition) is 2. The van der Waals surface area contributed by atoms with Crippen LogP contribution in [0.15, 0.2) is 53.5 Å². The van der Waals surface area contributed by atoms with Crippen molar-refractivity contribution in [2.75, 3.05) is 6.61 Å². The summed E-state index contributed by atoms with van der Waals surface area (Å²) in [4.78, 5) is 36.2. The molecule has 0 bridgehead atoms. The number of fused-ring (bicyclic) bond motifs is 1. The van der Waals surface area contributed by atoms with Gasteiger partial charge in [-0.15, -0.1) is 0 Å². The molecule has 3 aromatic rings. The number of esters is 1. The van der Waals surface area contributed by atoms with Gasteiger partial charge in [0.1, 0.15) is 11.4 Å². The minimum absolute atomic E-state index is 0.251. The summed E-state index contributed by atoms with van der Waals surface area (Å²) in [5.74, 6) is -0.845. The number of aromatic nitrogens is 3. The van der Waals surface area contributed by atoms with Crippen molar-refractivity contribution in [3.63, 3.8) is 0 Å². The number of aromatic amines is 1. The van der Waals surface area contributed by atoms with Crippen molar-refractivity contribution in [3.05, 3.63) is 65.4 Å². The zero-order chi connectivity index (χ0) is 18.8. The number of nitrogens with zero attached hydrogens (tertiary/aromatic N) is 3. The van der Waals surface area contributed by atoms with E-state index in [4.69, 9.17) is 4.74 Å². The van der Waals surface area contributed by atoms with E-state index in [1.165, 1.54) is 18.6 Å². The third-order valence-electron chi connectivity index (χ3n) is 4.08. The number of nitrogens with one attached hydrogen (secondary N) is 2. The minimum atomic E-state index is -0.460. The fourth-order valence-corrected chi connectivity index (χ4v) is 2.92. The van der Waals surface area contributed by atoms with Gasteiger partial charge < -0.3 is 9.72 Å². The van der Waals surface area contributed by atoms with Crippen molar-refractivity contribution < 1.29 is 14.3 Å². The molecule has 134 valence electrons. The topological polar surface area (TPSA) is 109 Å². The second kappa shape index (κ2) is 6.83. The normalized spacial score (nSPS) is 15.1. The van der Waals surface area contributed by atoms with E-state index in [0.717, 1.165) is 10.9 Å². The molecule has 4 rings (SSSR count). The third-order valence-corrected chi connectivity index (χ3v) is 4.08. The number of hydrazone groups is 1. The Balaban J connectivity index is 1.87. The summed E-state index contributed by atoms with van der Waals surface area (Å²) in [5.41, 5.74) is 5.14. The molecule has 0 radical (unpaired) electrons. The lowest BCUT2D eigenvalue weighted by molar-refractivity contribution is -0.116. The number of ether oxygens (including phenoxy) is 1. The molecule has 27 heavy (non-hydrogen) atoms. The molecule has 1 aromatic carbocycles. The van der Waals surface area contributed by atoms with Crippen molar-refractivity contribution in [2.24, 2.45) is 5.10 Å². The molecule has 1 aliphatic rings. The predicted octanol–water partition coefficient (Wildman–Crippen LogP) is 2.05. The Morgan fingerprint density at radius 1 is 1.26 bits per heavy atom. The van der Waals surface area contributed by atoms with Gasteiger partial charge in [0.15, 0.2) is 0 Å². The number of benzene rings is 1. The molecule has 0 fully saturated rings. The summed E-state index contributed by atoms with van der Waals surface area (Å²) < 4.78 is 5.20. The highest BCUT2D eigenvalue weighted by molar-refractivity contribution is 6.32. The van der Waals surface area contributed by atoms with Crippen molar-refractivity contribution in [2.45, 2.75) is 6.92 Å². The lowest BCUT2D eigenvalue weighted by Crippen LogP contribution is -2.14. The highest BCUT2D eigenvalue weighted by atomic mass is 16.5. The second-order valence-corrected chi connectivity index (χ2v) is 5.73. The van der Waals surface area contributed by atoms with Gasteiger partial charge in [-0.3, -0.25) is 14.8 Å². The molecule has 0 aliphatic carbocycles. The molecule has 3 heterocycles. The second-order valence-electron chi connectivity index (χ2n) is 5.73. The van der Waals surface area contributed by atoms with Gasteiger partial charge in [0.25, 0.3) is 5.91 Å². The Kier molecular flexibility index (Phi) is 4.21. The van der Waals surface area contributed by atoms with Crippen LogP contribution in [0.25, 0.3) is 17.0 Å².